The third-order valence-corrected chi connectivity index (χ3v) is 6.02. The van der Waals surface area contributed by atoms with E-state index in [1.807, 2.05) is 30.3 Å². The summed E-state index contributed by atoms with van der Waals surface area (Å²) in [5.41, 5.74) is 4.76. The molecule has 4 rings (SSSR count). The second-order valence-corrected chi connectivity index (χ2v) is 8.56. The van der Waals surface area contributed by atoms with Crippen molar-refractivity contribution >= 4 is 17.4 Å². The summed E-state index contributed by atoms with van der Waals surface area (Å²) >= 11 is 0. The van der Waals surface area contributed by atoms with Crippen molar-refractivity contribution in [1.82, 2.24) is 10.4 Å². The zero-order valence-corrected chi connectivity index (χ0v) is 18.0. The SMILES string of the molecule is CC(C)c1ccccc1NC(=O)N1CCC2(C=C(c3ccc(C(F)(F)F)cc3)NO2)CC1. The molecule has 32 heavy (non-hydrogen) atoms. The molecule has 2 aliphatic rings. The van der Waals surface area contributed by atoms with Gasteiger partial charge in [0.25, 0.3) is 0 Å². The molecule has 0 aliphatic carbocycles. The largest absolute Gasteiger partial charge is 0.416 e. The summed E-state index contributed by atoms with van der Waals surface area (Å²) in [5, 5.41) is 3.02. The molecule has 2 aromatic rings. The molecule has 5 nitrogen and oxygen atoms in total. The highest BCUT2D eigenvalue weighted by molar-refractivity contribution is 5.90. The monoisotopic (exact) mass is 445 g/mol. The second-order valence-electron chi connectivity index (χ2n) is 8.56. The van der Waals surface area contributed by atoms with Crippen LogP contribution < -0.4 is 10.8 Å². The van der Waals surface area contributed by atoms with Crippen molar-refractivity contribution in [3.05, 3.63) is 71.3 Å². The number of hydrogen-bond donors (Lipinski definition) is 2. The first-order valence-corrected chi connectivity index (χ1v) is 10.7. The first kappa shape index (κ1) is 22.2. The van der Waals surface area contributed by atoms with E-state index in [1.54, 1.807) is 4.90 Å². The predicted molar refractivity (Wildman–Crippen MR) is 117 cm³/mol. The standard InChI is InChI=1S/C24H26F3N3O2/c1-16(2)19-5-3-4-6-20(19)28-22(31)30-13-11-23(12-14-30)15-21(29-32-23)17-7-9-18(10-8-17)24(25,26)27/h3-10,15-16,29H,11-14H2,1-2H3,(H,28,31). The molecule has 0 unspecified atom stereocenters. The van der Waals surface area contributed by atoms with Gasteiger partial charge in [0.05, 0.1) is 11.3 Å². The van der Waals surface area contributed by atoms with Crippen LogP contribution in [0.3, 0.4) is 0 Å². The topological polar surface area (TPSA) is 53.6 Å². The number of carbonyl (C=O) groups excluding carboxylic acids is 1. The number of hydrogen-bond acceptors (Lipinski definition) is 3. The van der Waals surface area contributed by atoms with E-state index >= 15 is 0 Å². The Hall–Kier alpha value is -3.00. The summed E-state index contributed by atoms with van der Waals surface area (Å²) in [6.07, 6.45) is -1.28. The Labute approximate surface area is 185 Å². The van der Waals surface area contributed by atoms with Crippen LogP contribution in [0.25, 0.3) is 5.70 Å². The number of likely N-dealkylation sites (tertiary alicyclic amines) is 1. The van der Waals surface area contributed by atoms with Gasteiger partial charge in [0.2, 0.25) is 0 Å². The summed E-state index contributed by atoms with van der Waals surface area (Å²) in [6, 6.07) is 12.6. The Morgan fingerprint density at radius 3 is 2.38 bits per heavy atom. The van der Waals surface area contributed by atoms with E-state index in [1.165, 1.54) is 12.1 Å². The highest BCUT2D eigenvalue weighted by Gasteiger charge is 2.40. The summed E-state index contributed by atoms with van der Waals surface area (Å²) in [7, 11) is 0. The molecule has 2 heterocycles. The number of carbonyl (C=O) groups is 1. The average Bonchev–Trinajstić information content (AvgIpc) is 3.17. The lowest BCUT2D eigenvalue weighted by atomic mass is 9.90. The van der Waals surface area contributed by atoms with Gasteiger partial charge in [-0.1, -0.05) is 44.2 Å². The molecule has 2 N–H and O–H groups in total. The van der Waals surface area contributed by atoms with E-state index < -0.39 is 17.3 Å². The van der Waals surface area contributed by atoms with Crippen molar-refractivity contribution in [2.45, 2.75) is 44.4 Å². The molecular weight excluding hydrogens is 419 g/mol. The fourth-order valence-electron chi connectivity index (χ4n) is 4.10. The minimum Gasteiger partial charge on any atom is -0.324 e. The Bertz CT molecular complexity index is 1010. The molecule has 0 saturated carbocycles. The third kappa shape index (κ3) is 4.60. The molecular formula is C24H26F3N3O2. The Balaban J connectivity index is 1.39. The van der Waals surface area contributed by atoms with Gasteiger partial charge < -0.3 is 10.2 Å². The molecule has 2 aliphatic heterocycles. The zero-order valence-electron chi connectivity index (χ0n) is 18.0. The molecule has 0 atom stereocenters. The minimum absolute atomic E-state index is 0.147. The lowest BCUT2D eigenvalue weighted by molar-refractivity contribution is -0.137. The summed E-state index contributed by atoms with van der Waals surface area (Å²) in [6.45, 7) is 5.18. The molecule has 0 bridgehead atoms. The van der Waals surface area contributed by atoms with Gasteiger partial charge in [0.15, 0.2) is 0 Å². The number of piperidine rings is 1. The second kappa shape index (κ2) is 8.50. The van der Waals surface area contributed by atoms with Gasteiger partial charge >= 0.3 is 12.2 Å². The van der Waals surface area contributed by atoms with Gasteiger partial charge in [-0.05, 0) is 41.3 Å². The average molecular weight is 445 g/mol. The molecule has 1 spiro atoms. The molecule has 8 heteroatoms. The number of amides is 2. The van der Waals surface area contributed by atoms with Gasteiger partial charge in [-0.3, -0.25) is 10.3 Å². The number of hydroxylamine groups is 1. The lowest BCUT2D eigenvalue weighted by Crippen LogP contribution is -2.48. The number of benzene rings is 2. The molecule has 1 saturated heterocycles. The van der Waals surface area contributed by atoms with E-state index in [9.17, 15) is 18.0 Å². The maximum absolute atomic E-state index is 12.8. The van der Waals surface area contributed by atoms with Crippen LogP contribution in [-0.2, 0) is 11.0 Å². The van der Waals surface area contributed by atoms with Crippen molar-refractivity contribution in [2.24, 2.45) is 0 Å². The zero-order chi connectivity index (χ0) is 22.9. The number of para-hydroxylation sites is 1. The Kier molecular flexibility index (Phi) is 5.90. The highest BCUT2D eigenvalue weighted by Crippen LogP contribution is 2.36. The number of rotatable bonds is 3. The van der Waals surface area contributed by atoms with Gasteiger partial charge in [0.1, 0.15) is 5.60 Å². The fourth-order valence-corrected chi connectivity index (χ4v) is 4.10. The molecule has 170 valence electrons. The van der Waals surface area contributed by atoms with Gasteiger partial charge in [-0.15, -0.1) is 0 Å². The molecule has 2 amide bonds. The lowest BCUT2D eigenvalue weighted by Gasteiger charge is -2.36. The van der Waals surface area contributed by atoms with Crippen molar-refractivity contribution in [3.8, 4) is 0 Å². The number of nitrogens with one attached hydrogen (secondary N) is 2. The first-order chi connectivity index (χ1) is 15.2. The van der Waals surface area contributed by atoms with E-state index in [-0.39, 0.29) is 6.03 Å². The number of nitrogens with zero attached hydrogens (tertiary/aromatic N) is 1. The van der Waals surface area contributed by atoms with Crippen LogP contribution >= 0.6 is 0 Å². The number of alkyl halides is 3. The van der Waals surface area contributed by atoms with Gasteiger partial charge in [-0.2, -0.15) is 13.2 Å². The van der Waals surface area contributed by atoms with Crippen LogP contribution in [0.1, 0.15) is 49.3 Å². The summed E-state index contributed by atoms with van der Waals surface area (Å²) < 4.78 is 38.4. The Morgan fingerprint density at radius 2 is 1.75 bits per heavy atom. The molecule has 2 aromatic carbocycles. The number of anilines is 1. The van der Waals surface area contributed by atoms with Crippen LogP contribution in [0.4, 0.5) is 23.7 Å². The van der Waals surface area contributed by atoms with Crippen LogP contribution in [-0.4, -0.2) is 29.6 Å². The minimum atomic E-state index is -4.36. The van der Waals surface area contributed by atoms with Crippen molar-refractivity contribution in [1.29, 1.82) is 0 Å². The van der Waals surface area contributed by atoms with Crippen molar-refractivity contribution < 1.29 is 22.8 Å². The van der Waals surface area contributed by atoms with Crippen LogP contribution in [0, 0.1) is 0 Å². The maximum Gasteiger partial charge on any atom is 0.416 e. The predicted octanol–water partition coefficient (Wildman–Crippen LogP) is 5.77. The third-order valence-electron chi connectivity index (χ3n) is 6.02. The van der Waals surface area contributed by atoms with Gasteiger partial charge in [-0.25, -0.2) is 4.79 Å². The quantitative estimate of drug-likeness (QED) is 0.631. The number of halogens is 3. The summed E-state index contributed by atoms with van der Waals surface area (Å²) in [5.74, 6) is 0.294. The van der Waals surface area contributed by atoms with Crippen molar-refractivity contribution in [3.63, 3.8) is 0 Å². The number of urea groups is 1. The Morgan fingerprint density at radius 1 is 1.09 bits per heavy atom. The van der Waals surface area contributed by atoms with Crippen molar-refractivity contribution in [2.75, 3.05) is 18.4 Å². The van der Waals surface area contributed by atoms with Crippen LogP contribution in [0.15, 0.2) is 54.6 Å². The van der Waals surface area contributed by atoms with Crippen LogP contribution in [0.2, 0.25) is 0 Å². The molecule has 0 aromatic heterocycles. The highest BCUT2D eigenvalue weighted by atomic mass is 19.4. The van der Waals surface area contributed by atoms with E-state index in [4.69, 9.17) is 4.84 Å². The first-order valence-electron chi connectivity index (χ1n) is 10.7. The fraction of sp³-hybridized carbons (Fsp3) is 0.375. The molecule has 0 radical (unpaired) electrons. The van der Waals surface area contributed by atoms with E-state index in [0.717, 1.165) is 23.4 Å². The summed E-state index contributed by atoms with van der Waals surface area (Å²) in [4.78, 5) is 20.4. The van der Waals surface area contributed by atoms with E-state index in [2.05, 4.69) is 24.6 Å². The normalized spacial score (nSPS) is 17.9. The van der Waals surface area contributed by atoms with E-state index in [0.29, 0.717) is 43.1 Å². The van der Waals surface area contributed by atoms with Gasteiger partial charge in [0, 0.05) is 31.6 Å². The van der Waals surface area contributed by atoms with Crippen LogP contribution in [0.5, 0.6) is 0 Å². The maximum atomic E-state index is 12.8. The molecule has 1 fully saturated rings. The smallest absolute Gasteiger partial charge is 0.324 e.